The van der Waals surface area contributed by atoms with Crippen LogP contribution >= 0.6 is 0 Å². The SMILES string of the molecule is Cc1ccc2oc(-c3cc[n+](Cc4ccccc4)cc3)cc2c1. The van der Waals surface area contributed by atoms with Crippen molar-refractivity contribution in [3.63, 3.8) is 0 Å². The Kier molecular flexibility index (Phi) is 3.43. The summed E-state index contributed by atoms with van der Waals surface area (Å²) in [5.74, 6) is 0.914. The van der Waals surface area contributed by atoms with Gasteiger partial charge < -0.3 is 4.42 Å². The van der Waals surface area contributed by atoms with E-state index in [1.165, 1.54) is 11.1 Å². The van der Waals surface area contributed by atoms with Gasteiger partial charge in [0.2, 0.25) is 0 Å². The highest BCUT2D eigenvalue weighted by Crippen LogP contribution is 2.27. The fourth-order valence-corrected chi connectivity index (χ4v) is 2.83. The van der Waals surface area contributed by atoms with Crippen LogP contribution in [-0.2, 0) is 6.54 Å². The predicted molar refractivity (Wildman–Crippen MR) is 92.1 cm³/mol. The molecule has 0 bridgehead atoms. The number of nitrogens with zero attached hydrogens (tertiary/aromatic N) is 1. The Labute approximate surface area is 135 Å². The quantitative estimate of drug-likeness (QED) is 0.499. The van der Waals surface area contributed by atoms with Crippen LogP contribution in [0, 0.1) is 6.92 Å². The number of hydrogen-bond acceptors (Lipinski definition) is 1. The Morgan fingerprint density at radius 3 is 2.43 bits per heavy atom. The summed E-state index contributed by atoms with van der Waals surface area (Å²) in [6.07, 6.45) is 4.20. The first-order valence-corrected chi connectivity index (χ1v) is 7.81. The molecule has 0 saturated carbocycles. The van der Waals surface area contributed by atoms with E-state index in [2.05, 4.69) is 78.5 Å². The van der Waals surface area contributed by atoms with E-state index in [9.17, 15) is 0 Å². The highest BCUT2D eigenvalue weighted by Gasteiger charge is 2.09. The van der Waals surface area contributed by atoms with Gasteiger partial charge in [0.05, 0.1) is 0 Å². The second kappa shape index (κ2) is 5.73. The van der Waals surface area contributed by atoms with Crippen molar-refractivity contribution in [2.24, 2.45) is 0 Å². The van der Waals surface area contributed by atoms with E-state index >= 15 is 0 Å². The molecule has 0 fully saturated rings. The molecule has 4 rings (SSSR count). The van der Waals surface area contributed by atoms with Crippen molar-refractivity contribution in [3.05, 3.63) is 90.3 Å². The highest BCUT2D eigenvalue weighted by molar-refractivity contribution is 5.83. The number of hydrogen-bond donors (Lipinski definition) is 0. The van der Waals surface area contributed by atoms with Crippen molar-refractivity contribution >= 4 is 11.0 Å². The molecule has 0 aliphatic rings. The average Bonchev–Trinajstić information content (AvgIpc) is 2.99. The molecule has 4 aromatic rings. The number of rotatable bonds is 3. The molecule has 0 unspecified atom stereocenters. The highest BCUT2D eigenvalue weighted by atomic mass is 16.3. The summed E-state index contributed by atoms with van der Waals surface area (Å²) in [5.41, 5.74) is 4.58. The second-order valence-electron chi connectivity index (χ2n) is 5.90. The van der Waals surface area contributed by atoms with Crippen molar-refractivity contribution < 1.29 is 8.98 Å². The van der Waals surface area contributed by atoms with Gasteiger partial charge in [0.25, 0.3) is 0 Å². The molecule has 2 nitrogen and oxygen atoms in total. The number of fused-ring (bicyclic) bond motifs is 1. The predicted octanol–water partition coefficient (Wildman–Crippen LogP) is 4.74. The first kappa shape index (κ1) is 13.8. The van der Waals surface area contributed by atoms with Crippen molar-refractivity contribution in [1.29, 1.82) is 0 Å². The maximum Gasteiger partial charge on any atom is 0.173 e. The van der Waals surface area contributed by atoms with Crippen LogP contribution < -0.4 is 4.57 Å². The number of furan rings is 1. The van der Waals surface area contributed by atoms with Gasteiger partial charge in [-0.1, -0.05) is 42.0 Å². The topological polar surface area (TPSA) is 17.0 Å². The molecule has 2 heterocycles. The van der Waals surface area contributed by atoms with Gasteiger partial charge >= 0.3 is 0 Å². The van der Waals surface area contributed by atoms with Crippen LogP contribution in [0.2, 0.25) is 0 Å². The molecular weight excluding hydrogens is 282 g/mol. The molecule has 2 aromatic heterocycles. The lowest BCUT2D eigenvalue weighted by Gasteiger charge is -1.99. The normalized spacial score (nSPS) is 11.0. The van der Waals surface area contributed by atoms with E-state index in [1.807, 2.05) is 12.1 Å². The minimum absolute atomic E-state index is 0.875. The van der Waals surface area contributed by atoms with E-state index in [0.29, 0.717) is 0 Å². The molecule has 112 valence electrons. The molecule has 2 heteroatoms. The van der Waals surface area contributed by atoms with Crippen LogP contribution in [0.15, 0.2) is 83.5 Å². The second-order valence-corrected chi connectivity index (χ2v) is 5.90. The van der Waals surface area contributed by atoms with Crippen molar-refractivity contribution in [1.82, 2.24) is 0 Å². The maximum atomic E-state index is 5.96. The molecule has 0 atom stereocenters. The lowest BCUT2D eigenvalue weighted by atomic mass is 10.1. The summed E-state index contributed by atoms with van der Waals surface area (Å²) in [7, 11) is 0. The fraction of sp³-hybridized carbons (Fsp3) is 0.0952. The lowest BCUT2D eigenvalue weighted by molar-refractivity contribution is -0.688. The third-order valence-corrected chi connectivity index (χ3v) is 4.06. The minimum atomic E-state index is 0.875. The zero-order valence-electron chi connectivity index (χ0n) is 13.1. The molecule has 0 radical (unpaired) electrons. The Bertz CT molecular complexity index is 937. The van der Waals surface area contributed by atoms with Gasteiger partial charge in [0.15, 0.2) is 18.9 Å². The van der Waals surface area contributed by atoms with Crippen LogP contribution in [0.3, 0.4) is 0 Å². The standard InChI is InChI=1S/C21H18NO/c1-16-7-8-20-19(13-16)14-21(23-20)18-9-11-22(12-10-18)15-17-5-3-2-4-6-17/h2-14H,15H2,1H3/q+1. The van der Waals surface area contributed by atoms with Gasteiger partial charge in [-0.15, -0.1) is 0 Å². The fourth-order valence-electron chi connectivity index (χ4n) is 2.83. The third-order valence-electron chi connectivity index (χ3n) is 4.06. The molecule has 0 spiro atoms. The van der Waals surface area contributed by atoms with Gasteiger partial charge in [0, 0.05) is 28.6 Å². The molecule has 0 amide bonds. The van der Waals surface area contributed by atoms with E-state index in [-0.39, 0.29) is 0 Å². The Balaban J connectivity index is 1.61. The average molecular weight is 300 g/mol. The minimum Gasteiger partial charge on any atom is -0.456 e. The smallest absolute Gasteiger partial charge is 0.173 e. The Morgan fingerprint density at radius 2 is 1.65 bits per heavy atom. The number of aromatic nitrogens is 1. The van der Waals surface area contributed by atoms with Crippen LogP contribution in [-0.4, -0.2) is 0 Å². The molecule has 0 aliphatic carbocycles. The van der Waals surface area contributed by atoms with E-state index < -0.39 is 0 Å². The zero-order valence-corrected chi connectivity index (χ0v) is 13.1. The maximum absolute atomic E-state index is 5.96. The summed E-state index contributed by atoms with van der Waals surface area (Å²) in [6.45, 7) is 2.97. The number of benzene rings is 2. The summed E-state index contributed by atoms with van der Waals surface area (Å²) < 4.78 is 8.13. The summed E-state index contributed by atoms with van der Waals surface area (Å²) >= 11 is 0. The van der Waals surface area contributed by atoms with Crippen LogP contribution in [0.5, 0.6) is 0 Å². The van der Waals surface area contributed by atoms with E-state index in [4.69, 9.17) is 4.42 Å². The summed E-state index contributed by atoms with van der Waals surface area (Å²) in [5, 5.41) is 1.15. The number of pyridine rings is 1. The zero-order chi connectivity index (χ0) is 15.6. The summed E-state index contributed by atoms with van der Waals surface area (Å²) in [6, 6.07) is 23.1. The molecule has 0 saturated heterocycles. The number of aryl methyl sites for hydroxylation is 1. The van der Waals surface area contributed by atoms with E-state index in [1.54, 1.807) is 0 Å². The first-order valence-electron chi connectivity index (χ1n) is 7.81. The van der Waals surface area contributed by atoms with Gasteiger partial charge in [-0.25, -0.2) is 4.57 Å². The van der Waals surface area contributed by atoms with Gasteiger partial charge in [-0.3, -0.25) is 0 Å². The Hall–Kier alpha value is -2.87. The molecule has 2 aromatic carbocycles. The third kappa shape index (κ3) is 2.88. The van der Waals surface area contributed by atoms with Crippen LogP contribution in [0.1, 0.15) is 11.1 Å². The van der Waals surface area contributed by atoms with E-state index in [0.717, 1.165) is 28.8 Å². The monoisotopic (exact) mass is 300 g/mol. The lowest BCUT2D eigenvalue weighted by Crippen LogP contribution is -2.32. The van der Waals surface area contributed by atoms with Crippen LogP contribution in [0.25, 0.3) is 22.3 Å². The van der Waals surface area contributed by atoms with Crippen LogP contribution in [0.4, 0.5) is 0 Å². The summed E-state index contributed by atoms with van der Waals surface area (Å²) in [4.78, 5) is 0. The Morgan fingerprint density at radius 1 is 0.870 bits per heavy atom. The van der Waals surface area contributed by atoms with Crippen molar-refractivity contribution in [3.8, 4) is 11.3 Å². The largest absolute Gasteiger partial charge is 0.456 e. The van der Waals surface area contributed by atoms with Gasteiger partial charge in [-0.2, -0.15) is 0 Å². The van der Waals surface area contributed by atoms with Gasteiger partial charge in [0.1, 0.15) is 11.3 Å². The van der Waals surface area contributed by atoms with Crippen molar-refractivity contribution in [2.45, 2.75) is 13.5 Å². The molecule has 0 N–H and O–H groups in total. The van der Waals surface area contributed by atoms with Gasteiger partial charge in [-0.05, 0) is 25.1 Å². The molecule has 23 heavy (non-hydrogen) atoms. The molecular formula is C21H18NO+. The van der Waals surface area contributed by atoms with Crippen molar-refractivity contribution in [2.75, 3.05) is 0 Å². The first-order chi connectivity index (χ1) is 11.3. The molecule has 0 aliphatic heterocycles.